The third-order valence-electron chi connectivity index (χ3n) is 4.87. The van der Waals surface area contributed by atoms with Gasteiger partial charge in [0, 0.05) is 18.9 Å². The van der Waals surface area contributed by atoms with Gasteiger partial charge in [0.05, 0.1) is 6.54 Å². The molecule has 0 spiro atoms. The quantitative estimate of drug-likeness (QED) is 0.813. The van der Waals surface area contributed by atoms with E-state index in [1.54, 1.807) is 0 Å². The van der Waals surface area contributed by atoms with Crippen molar-refractivity contribution in [2.24, 2.45) is 5.92 Å². The van der Waals surface area contributed by atoms with Crippen molar-refractivity contribution in [2.75, 3.05) is 19.6 Å². The van der Waals surface area contributed by atoms with Crippen molar-refractivity contribution < 1.29 is 0 Å². The maximum Gasteiger partial charge on any atom is 0.0536 e. The minimum atomic E-state index is 0.905. The van der Waals surface area contributed by atoms with Crippen LogP contribution < -0.4 is 0 Å². The molecule has 0 atom stereocenters. The summed E-state index contributed by atoms with van der Waals surface area (Å²) in [6, 6.07) is 11.0. The minimum absolute atomic E-state index is 0.905. The molecule has 0 aliphatic carbocycles. The predicted molar refractivity (Wildman–Crippen MR) is 90.9 cm³/mol. The van der Waals surface area contributed by atoms with Crippen LogP contribution in [0.4, 0.5) is 0 Å². The zero-order valence-corrected chi connectivity index (χ0v) is 13.6. The molecule has 22 heavy (non-hydrogen) atoms. The molecule has 0 radical (unpaired) electrons. The molecular formula is C19H27N3. The maximum absolute atomic E-state index is 4.27. The Kier molecular flexibility index (Phi) is 5.28. The van der Waals surface area contributed by atoms with Crippen molar-refractivity contribution in [3.63, 3.8) is 0 Å². The highest BCUT2D eigenvalue weighted by atomic mass is 15.3. The van der Waals surface area contributed by atoms with Crippen LogP contribution in [0, 0.1) is 12.8 Å². The number of hydrogen-bond donors (Lipinski definition) is 0. The molecular weight excluding hydrogens is 270 g/mol. The van der Waals surface area contributed by atoms with Crippen LogP contribution in [0.5, 0.6) is 0 Å². The van der Waals surface area contributed by atoms with Crippen LogP contribution in [0.2, 0.25) is 0 Å². The molecule has 0 N–H and O–H groups in total. The first kappa shape index (κ1) is 15.3. The van der Waals surface area contributed by atoms with E-state index < -0.39 is 0 Å². The number of aryl methyl sites for hydroxylation is 2. The van der Waals surface area contributed by atoms with Gasteiger partial charge in [-0.15, -0.1) is 0 Å². The topological polar surface area (TPSA) is 21.1 Å². The highest BCUT2D eigenvalue weighted by Gasteiger charge is 2.18. The Bertz CT molecular complexity index is 537. The number of hydrogen-bond acceptors (Lipinski definition) is 2. The van der Waals surface area contributed by atoms with Crippen molar-refractivity contribution >= 4 is 0 Å². The lowest BCUT2D eigenvalue weighted by atomic mass is 9.90. The summed E-state index contributed by atoms with van der Waals surface area (Å²) >= 11 is 0. The molecule has 1 saturated heterocycles. The summed E-state index contributed by atoms with van der Waals surface area (Å²) in [5.74, 6) is 0.905. The minimum Gasteiger partial charge on any atom is -0.301 e. The number of likely N-dealkylation sites (tertiary alicyclic amines) is 1. The van der Waals surface area contributed by atoms with E-state index in [0.29, 0.717) is 0 Å². The van der Waals surface area contributed by atoms with Gasteiger partial charge in [-0.3, -0.25) is 4.68 Å². The van der Waals surface area contributed by atoms with Gasteiger partial charge in [0.25, 0.3) is 0 Å². The molecule has 3 nitrogen and oxygen atoms in total. The Labute approximate surface area is 133 Å². The molecule has 0 unspecified atom stereocenters. The molecule has 2 aromatic rings. The van der Waals surface area contributed by atoms with E-state index in [4.69, 9.17) is 0 Å². The summed E-state index contributed by atoms with van der Waals surface area (Å²) < 4.78 is 2.03. The lowest BCUT2D eigenvalue weighted by Gasteiger charge is -2.32. The molecule has 0 saturated carbocycles. The first-order valence-electron chi connectivity index (χ1n) is 8.55. The second-order valence-electron chi connectivity index (χ2n) is 6.58. The number of benzene rings is 1. The fourth-order valence-electron chi connectivity index (χ4n) is 3.30. The largest absolute Gasteiger partial charge is 0.301 e. The third-order valence-corrected chi connectivity index (χ3v) is 4.87. The van der Waals surface area contributed by atoms with Crippen LogP contribution >= 0.6 is 0 Å². The van der Waals surface area contributed by atoms with Crippen molar-refractivity contribution in [3.05, 3.63) is 53.9 Å². The average molecular weight is 297 g/mol. The molecule has 2 heterocycles. The molecule has 1 fully saturated rings. The van der Waals surface area contributed by atoms with E-state index in [2.05, 4.69) is 41.2 Å². The molecule has 1 aliphatic heterocycles. The Morgan fingerprint density at radius 3 is 2.55 bits per heavy atom. The molecule has 118 valence electrons. The monoisotopic (exact) mass is 297 g/mol. The predicted octanol–water partition coefficient (Wildman–Crippen LogP) is 3.54. The van der Waals surface area contributed by atoms with Crippen LogP contribution in [0.25, 0.3) is 0 Å². The van der Waals surface area contributed by atoms with Crippen molar-refractivity contribution in [1.29, 1.82) is 0 Å². The van der Waals surface area contributed by atoms with Crippen LogP contribution in [-0.4, -0.2) is 34.3 Å². The highest BCUT2D eigenvalue weighted by molar-refractivity contribution is 5.21. The first-order chi connectivity index (χ1) is 10.8. The third kappa shape index (κ3) is 4.44. The second-order valence-corrected chi connectivity index (χ2v) is 6.58. The Balaban J connectivity index is 1.35. The van der Waals surface area contributed by atoms with Crippen molar-refractivity contribution in [1.82, 2.24) is 14.7 Å². The van der Waals surface area contributed by atoms with Crippen LogP contribution in [0.15, 0.2) is 42.7 Å². The van der Waals surface area contributed by atoms with Crippen molar-refractivity contribution in [2.45, 2.75) is 39.2 Å². The summed E-state index contributed by atoms with van der Waals surface area (Å²) in [4.78, 5) is 2.59. The van der Waals surface area contributed by atoms with E-state index in [-0.39, 0.29) is 0 Å². The summed E-state index contributed by atoms with van der Waals surface area (Å²) in [6.45, 7) is 6.80. The molecule has 1 aromatic heterocycles. The smallest absolute Gasteiger partial charge is 0.0536 e. The fraction of sp³-hybridized carbons (Fsp3) is 0.526. The molecule has 3 heteroatoms. The molecule has 1 aromatic carbocycles. The lowest BCUT2D eigenvalue weighted by molar-refractivity contribution is 0.172. The molecule has 0 amide bonds. The maximum atomic E-state index is 4.27. The van der Waals surface area contributed by atoms with Gasteiger partial charge < -0.3 is 4.90 Å². The number of rotatable bonds is 6. The molecule has 3 rings (SSSR count). The SMILES string of the molecule is Cc1ccc(CCC2CCN(CCn3cccn3)CC2)cc1. The Hall–Kier alpha value is -1.61. The van der Waals surface area contributed by atoms with Gasteiger partial charge in [-0.1, -0.05) is 29.8 Å². The normalized spacial score (nSPS) is 17.0. The summed E-state index contributed by atoms with van der Waals surface area (Å²) in [5.41, 5.74) is 2.85. The van der Waals surface area contributed by atoms with E-state index in [9.17, 15) is 0 Å². The summed E-state index contributed by atoms with van der Waals surface area (Å²) in [6.07, 6.45) is 9.19. The van der Waals surface area contributed by atoms with Gasteiger partial charge in [0.1, 0.15) is 0 Å². The number of aromatic nitrogens is 2. The number of nitrogens with zero attached hydrogens (tertiary/aromatic N) is 3. The van der Waals surface area contributed by atoms with E-state index in [1.165, 1.54) is 49.9 Å². The van der Waals surface area contributed by atoms with Crippen LogP contribution in [-0.2, 0) is 13.0 Å². The van der Waals surface area contributed by atoms with E-state index in [1.807, 2.05) is 23.1 Å². The van der Waals surface area contributed by atoms with E-state index in [0.717, 1.165) is 19.0 Å². The van der Waals surface area contributed by atoms with Gasteiger partial charge in [-0.05, 0) is 63.2 Å². The first-order valence-corrected chi connectivity index (χ1v) is 8.55. The van der Waals surface area contributed by atoms with Crippen LogP contribution in [0.1, 0.15) is 30.4 Å². The average Bonchev–Trinajstić information content (AvgIpc) is 3.07. The van der Waals surface area contributed by atoms with Crippen molar-refractivity contribution in [3.8, 4) is 0 Å². The number of piperidine rings is 1. The molecule has 0 bridgehead atoms. The molecule has 1 aliphatic rings. The van der Waals surface area contributed by atoms with Gasteiger partial charge in [0.15, 0.2) is 0 Å². The van der Waals surface area contributed by atoms with Gasteiger partial charge in [-0.25, -0.2) is 0 Å². The fourth-order valence-corrected chi connectivity index (χ4v) is 3.30. The van der Waals surface area contributed by atoms with E-state index >= 15 is 0 Å². The van der Waals surface area contributed by atoms with Gasteiger partial charge in [0.2, 0.25) is 0 Å². The Morgan fingerprint density at radius 1 is 1.09 bits per heavy atom. The lowest BCUT2D eigenvalue weighted by Crippen LogP contribution is -2.36. The zero-order valence-electron chi connectivity index (χ0n) is 13.6. The summed E-state index contributed by atoms with van der Waals surface area (Å²) in [7, 11) is 0. The Morgan fingerprint density at radius 2 is 1.86 bits per heavy atom. The van der Waals surface area contributed by atoms with Gasteiger partial charge in [-0.2, -0.15) is 5.10 Å². The zero-order chi connectivity index (χ0) is 15.2. The van der Waals surface area contributed by atoms with Gasteiger partial charge >= 0.3 is 0 Å². The summed E-state index contributed by atoms with van der Waals surface area (Å²) in [5, 5.41) is 4.27. The second kappa shape index (κ2) is 7.59. The van der Waals surface area contributed by atoms with Crippen LogP contribution in [0.3, 0.4) is 0 Å². The highest BCUT2D eigenvalue weighted by Crippen LogP contribution is 2.22. The standard InChI is InChI=1S/C19H27N3/c1-17-3-5-18(6-4-17)7-8-19-9-13-21(14-10-19)15-16-22-12-2-11-20-22/h2-6,11-12,19H,7-10,13-16H2,1H3.